The van der Waals surface area contributed by atoms with Crippen molar-refractivity contribution in [3.8, 4) is 0 Å². The van der Waals surface area contributed by atoms with E-state index in [0.29, 0.717) is 47.3 Å². The summed E-state index contributed by atoms with van der Waals surface area (Å²) in [6.45, 7) is 0. The van der Waals surface area contributed by atoms with Crippen LogP contribution in [0.3, 0.4) is 0 Å². The van der Waals surface area contributed by atoms with Gasteiger partial charge in [-0.3, -0.25) is 0 Å². The Morgan fingerprint density at radius 2 is 1.17 bits per heavy atom. The highest BCUT2D eigenvalue weighted by Crippen LogP contribution is 2.59. The van der Waals surface area contributed by atoms with E-state index < -0.39 is 0 Å². The first kappa shape index (κ1) is 17.7. The molecule has 1 aromatic rings. The van der Waals surface area contributed by atoms with E-state index in [1.54, 1.807) is 0 Å². The van der Waals surface area contributed by atoms with Crippen molar-refractivity contribution in [3.05, 3.63) is 113 Å². The Labute approximate surface area is 181 Å². The first-order valence-corrected chi connectivity index (χ1v) is 11.6. The smallest absolute Gasteiger partial charge is 0.0181 e. The number of hydrogen-bond acceptors (Lipinski definition) is 0. The molecule has 0 aliphatic heterocycles. The van der Waals surface area contributed by atoms with E-state index in [2.05, 4.69) is 119 Å². The largest absolute Gasteiger partial charge is 0.0805 e. The number of benzene rings is 1. The summed E-state index contributed by atoms with van der Waals surface area (Å²) < 4.78 is 1.16. The van der Waals surface area contributed by atoms with Crippen molar-refractivity contribution in [2.45, 2.75) is 0 Å². The standard InChI is InChI=1S/C28H25Br/c29-19-9-7-8-18(16-19)26-17-27-22-12-2-1-10-20(22)21-11-3-5-14-24(21)28(27)25-15-6-4-13-23(25)26/h1-17,20-25,27-28H. The molecule has 1 heteroatoms. The van der Waals surface area contributed by atoms with Gasteiger partial charge >= 0.3 is 0 Å². The van der Waals surface area contributed by atoms with Gasteiger partial charge in [-0.2, -0.15) is 0 Å². The normalized spacial score (nSPS) is 40.7. The number of halogens is 1. The second-order valence-electron chi connectivity index (χ2n) is 9.01. The number of rotatable bonds is 1. The van der Waals surface area contributed by atoms with Crippen LogP contribution in [0.15, 0.2) is 108 Å². The Morgan fingerprint density at radius 1 is 0.586 bits per heavy atom. The molecular weight excluding hydrogens is 416 g/mol. The second-order valence-corrected chi connectivity index (χ2v) is 9.92. The van der Waals surface area contributed by atoms with Crippen molar-refractivity contribution < 1.29 is 0 Å². The monoisotopic (exact) mass is 440 g/mol. The van der Waals surface area contributed by atoms with E-state index in [1.807, 2.05) is 0 Å². The lowest BCUT2D eigenvalue weighted by atomic mass is 9.48. The third kappa shape index (κ3) is 2.78. The molecule has 0 nitrogen and oxygen atoms in total. The van der Waals surface area contributed by atoms with Crippen LogP contribution in [0.2, 0.25) is 0 Å². The molecule has 0 N–H and O–H groups in total. The van der Waals surface area contributed by atoms with Crippen LogP contribution in [-0.2, 0) is 0 Å². The third-order valence-electron chi connectivity index (χ3n) is 7.73. The third-order valence-corrected chi connectivity index (χ3v) is 8.23. The molecule has 0 aromatic heterocycles. The van der Waals surface area contributed by atoms with Crippen molar-refractivity contribution in [1.82, 2.24) is 0 Å². The molecular formula is C28H25Br. The fraction of sp³-hybridized carbons (Fsp3) is 0.286. The summed E-state index contributed by atoms with van der Waals surface area (Å²) in [7, 11) is 0. The maximum Gasteiger partial charge on any atom is 0.0181 e. The number of allylic oxidation sites excluding steroid dienone is 14. The van der Waals surface area contributed by atoms with E-state index in [1.165, 1.54) is 11.1 Å². The molecule has 0 amide bonds. The zero-order chi connectivity index (χ0) is 19.4. The van der Waals surface area contributed by atoms with Gasteiger partial charge < -0.3 is 0 Å². The lowest BCUT2D eigenvalue weighted by molar-refractivity contribution is 0.0513. The molecule has 5 aliphatic carbocycles. The molecule has 1 fully saturated rings. The minimum atomic E-state index is 0.468. The molecule has 6 rings (SSSR count). The van der Waals surface area contributed by atoms with Crippen LogP contribution in [0.4, 0.5) is 0 Å². The fourth-order valence-electron chi connectivity index (χ4n) is 6.65. The second kappa shape index (κ2) is 6.99. The molecule has 1 aromatic carbocycles. The van der Waals surface area contributed by atoms with Gasteiger partial charge in [0.15, 0.2) is 0 Å². The zero-order valence-corrected chi connectivity index (χ0v) is 17.9. The SMILES string of the molecule is Brc1cccc(C2=CC3C4C=CC=CC4C4C=CC=CC4C3C3C=CC=CC23)c1. The van der Waals surface area contributed by atoms with Gasteiger partial charge in [0.1, 0.15) is 0 Å². The van der Waals surface area contributed by atoms with Gasteiger partial charge in [0.05, 0.1) is 0 Å². The van der Waals surface area contributed by atoms with Gasteiger partial charge in [-0.1, -0.05) is 107 Å². The quantitative estimate of drug-likeness (QED) is 0.434. The first-order valence-electron chi connectivity index (χ1n) is 10.8. The van der Waals surface area contributed by atoms with Gasteiger partial charge in [-0.25, -0.2) is 0 Å². The van der Waals surface area contributed by atoms with Gasteiger partial charge in [0.2, 0.25) is 0 Å². The van der Waals surface area contributed by atoms with Crippen LogP contribution in [-0.4, -0.2) is 0 Å². The minimum Gasteiger partial charge on any atom is -0.0805 e. The Bertz CT molecular complexity index is 1030. The molecule has 0 bridgehead atoms. The van der Waals surface area contributed by atoms with Gasteiger partial charge in [0.25, 0.3) is 0 Å². The molecule has 144 valence electrons. The fourth-order valence-corrected chi connectivity index (χ4v) is 7.05. The van der Waals surface area contributed by atoms with Gasteiger partial charge in [-0.05, 0) is 64.7 Å². The Morgan fingerprint density at radius 3 is 1.90 bits per heavy atom. The molecule has 29 heavy (non-hydrogen) atoms. The molecule has 1 saturated carbocycles. The van der Waals surface area contributed by atoms with Gasteiger partial charge in [0, 0.05) is 10.4 Å². The minimum absolute atomic E-state index is 0.468. The van der Waals surface area contributed by atoms with E-state index in [9.17, 15) is 0 Å². The summed E-state index contributed by atoms with van der Waals surface area (Å²) in [5.41, 5.74) is 2.87. The molecule has 8 unspecified atom stereocenters. The van der Waals surface area contributed by atoms with Crippen LogP contribution in [0.5, 0.6) is 0 Å². The van der Waals surface area contributed by atoms with E-state index in [0.717, 1.165) is 4.47 Å². The van der Waals surface area contributed by atoms with Crippen LogP contribution >= 0.6 is 15.9 Å². The van der Waals surface area contributed by atoms with Crippen molar-refractivity contribution in [2.75, 3.05) is 0 Å². The summed E-state index contributed by atoms with van der Waals surface area (Å²) in [4.78, 5) is 0. The Balaban J connectivity index is 1.53. The molecule has 0 spiro atoms. The number of fused-ring (bicyclic) bond motifs is 8. The van der Waals surface area contributed by atoms with E-state index >= 15 is 0 Å². The average Bonchev–Trinajstić information content (AvgIpc) is 2.78. The van der Waals surface area contributed by atoms with Crippen LogP contribution in [0, 0.1) is 47.3 Å². The topological polar surface area (TPSA) is 0 Å². The van der Waals surface area contributed by atoms with Crippen LogP contribution < -0.4 is 0 Å². The molecule has 5 aliphatic rings. The highest BCUT2D eigenvalue weighted by molar-refractivity contribution is 9.10. The lowest BCUT2D eigenvalue weighted by Crippen LogP contribution is -2.50. The van der Waals surface area contributed by atoms with Crippen molar-refractivity contribution in [1.29, 1.82) is 0 Å². The molecule has 0 radical (unpaired) electrons. The van der Waals surface area contributed by atoms with Gasteiger partial charge in [-0.15, -0.1) is 0 Å². The summed E-state index contributed by atoms with van der Waals surface area (Å²) in [5, 5.41) is 0. The first-order chi connectivity index (χ1) is 14.3. The van der Waals surface area contributed by atoms with Crippen molar-refractivity contribution in [3.63, 3.8) is 0 Å². The number of hydrogen-bond donors (Lipinski definition) is 0. The summed E-state index contributed by atoms with van der Waals surface area (Å²) in [6, 6.07) is 8.86. The maximum absolute atomic E-state index is 3.69. The van der Waals surface area contributed by atoms with E-state index in [-0.39, 0.29) is 0 Å². The highest BCUT2D eigenvalue weighted by Gasteiger charge is 2.52. The van der Waals surface area contributed by atoms with E-state index in [4.69, 9.17) is 0 Å². The van der Waals surface area contributed by atoms with Crippen molar-refractivity contribution in [2.24, 2.45) is 47.3 Å². The van der Waals surface area contributed by atoms with Crippen LogP contribution in [0.25, 0.3) is 5.57 Å². The lowest BCUT2D eigenvalue weighted by Gasteiger charge is -2.55. The highest BCUT2D eigenvalue weighted by atomic mass is 79.9. The zero-order valence-electron chi connectivity index (χ0n) is 16.3. The summed E-state index contributed by atoms with van der Waals surface area (Å²) in [5.74, 6) is 4.69. The Kier molecular flexibility index (Phi) is 4.27. The van der Waals surface area contributed by atoms with Crippen LogP contribution in [0.1, 0.15) is 5.56 Å². The average molecular weight is 441 g/mol. The summed E-state index contributed by atoms with van der Waals surface area (Å²) >= 11 is 3.69. The maximum atomic E-state index is 3.69. The molecule has 8 atom stereocenters. The predicted octanol–water partition coefficient (Wildman–Crippen LogP) is 7.17. The molecule has 0 saturated heterocycles. The molecule has 0 heterocycles. The summed E-state index contributed by atoms with van der Waals surface area (Å²) in [6.07, 6.45) is 31.1. The Hall–Kier alpha value is -2.12. The predicted molar refractivity (Wildman–Crippen MR) is 125 cm³/mol. The van der Waals surface area contributed by atoms with Crippen molar-refractivity contribution >= 4 is 21.5 Å².